The first-order chi connectivity index (χ1) is 17.1. The predicted octanol–water partition coefficient (Wildman–Crippen LogP) is 0.922. The molecule has 2 aliphatic rings. The molecule has 11 nitrogen and oxygen atoms in total. The van der Waals surface area contributed by atoms with Crippen LogP contribution in [0.5, 0.6) is 0 Å². The van der Waals surface area contributed by atoms with Crippen molar-refractivity contribution < 1.29 is 19.5 Å². The lowest BCUT2D eigenvalue weighted by Crippen LogP contribution is -2.50. The van der Waals surface area contributed by atoms with Gasteiger partial charge in [0.2, 0.25) is 17.7 Å². The molecule has 194 valence electrons. The van der Waals surface area contributed by atoms with E-state index in [2.05, 4.69) is 25.9 Å². The molecule has 0 radical (unpaired) electrons. The molecule has 0 bridgehead atoms. The van der Waals surface area contributed by atoms with Crippen molar-refractivity contribution in [3.63, 3.8) is 0 Å². The van der Waals surface area contributed by atoms with Crippen molar-refractivity contribution in [2.75, 3.05) is 13.1 Å². The molecule has 1 aliphatic heterocycles. The Kier molecular flexibility index (Phi) is 7.67. The van der Waals surface area contributed by atoms with Crippen LogP contribution in [0.2, 0.25) is 0 Å². The van der Waals surface area contributed by atoms with Crippen LogP contribution in [0.1, 0.15) is 69.7 Å². The number of likely N-dealkylation sites (tertiary alicyclic amines) is 1. The third-order valence-electron chi connectivity index (χ3n) is 6.57. The third kappa shape index (κ3) is 6.26. The molecule has 1 saturated carbocycles. The van der Waals surface area contributed by atoms with Gasteiger partial charge in [-0.2, -0.15) is 0 Å². The van der Waals surface area contributed by atoms with Gasteiger partial charge in [-0.3, -0.25) is 19.4 Å². The first-order valence-corrected chi connectivity index (χ1v) is 12.5. The number of aromatic nitrogens is 4. The minimum atomic E-state index is -0.817. The Morgan fingerprint density at radius 1 is 1.22 bits per heavy atom. The Hall–Kier alpha value is -3.34. The maximum absolute atomic E-state index is 13.7. The number of rotatable bonds is 9. The smallest absolute Gasteiger partial charge is 0.248 e. The summed E-state index contributed by atoms with van der Waals surface area (Å²) in [6.45, 7) is 6.39. The zero-order valence-electron chi connectivity index (χ0n) is 21.1. The number of β-amino-alcohol motifs (C(OH)–C–C–N with tert-alkyl or cyclic N) is 1. The maximum atomic E-state index is 13.7. The molecule has 3 amide bonds. The summed E-state index contributed by atoms with van der Waals surface area (Å²) >= 11 is 0. The summed E-state index contributed by atoms with van der Waals surface area (Å²) in [6, 6.07) is 2.17. The Morgan fingerprint density at radius 3 is 2.67 bits per heavy atom. The highest BCUT2D eigenvalue weighted by molar-refractivity contribution is 5.90. The van der Waals surface area contributed by atoms with Crippen LogP contribution in [0.25, 0.3) is 0 Å². The summed E-state index contributed by atoms with van der Waals surface area (Å²) in [5, 5.41) is 24.4. The third-order valence-corrected chi connectivity index (χ3v) is 6.57. The van der Waals surface area contributed by atoms with Gasteiger partial charge in [-0.1, -0.05) is 32.1 Å². The number of aliphatic hydroxyl groups excluding tert-OH is 1. The standard InChI is InChI=1S/C25H35N7O4/c1-25(2,3)22(32-15-19(29-30-32)17-6-7-17)24(36)31-14-18(33)11-20(31)23(35)27-10-8-21(34)28-13-16-5-4-9-26-12-16/h4-5,9,12,15,17-18,20,22,33H,6-8,10-11,13-14H2,1-3H3,(H,27,35)(H,28,34)/t18?,20?,22-/m1/s1. The van der Waals surface area contributed by atoms with Gasteiger partial charge in [0, 0.05) is 57.0 Å². The van der Waals surface area contributed by atoms with Crippen LogP contribution >= 0.6 is 0 Å². The molecular weight excluding hydrogens is 462 g/mol. The van der Waals surface area contributed by atoms with Crippen LogP contribution in [0.15, 0.2) is 30.7 Å². The summed E-state index contributed by atoms with van der Waals surface area (Å²) < 4.78 is 1.60. The molecule has 3 N–H and O–H groups in total. The Bertz CT molecular complexity index is 1080. The number of nitrogens with one attached hydrogen (secondary N) is 2. The lowest BCUT2D eigenvalue weighted by Gasteiger charge is -2.34. The fourth-order valence-electron chi connectivity index (χ4n) is 4.53. The van der Waals surface area contributed by atoms with Gasteiger partial charge >= 0.3 is 0 Å². The van der Waals surface area contributed by atoms with Crippen molar-refractivity contribution in [1.29, 1.82) is 0 Å². The fourth-order valence-corrected chi connectivity index (χ4v) is 4.53. The van der Waals surface area contributed by atoms with E-state index in [1.54, 1.807) is 23.1 Å². The molecule has 2 aromatic heterocycles. The largest absolute Gasteiger partial charge is 0.391 e. The van der Waals surface area contributed by atoms with Crippen LogP contribution in [0.4, 0.5) is 0 Å². The van der Waals surface area contributed by atoms with E-state index in [9.17, 15) is 19.5 Å². The van der Waals surface area contributed by atoms with Gasteiger partial charge in [-0.15, -0.1) is 5.10 Å². The molecule has 36 heavy (non-hydrogen) atoms. The molecule has 11 heteroatoms. The number of nitrogens with zero attached hydrogens (tertiary/aromatic N) is 5. The zero-order valence-corrected chi connectivity index (χ0v) is 21.1. The summed E-state index contributed by atoms with van der Waals surface area (Å²) in [5.74, 6) is -0.460. The number of hydrogen-bond donors (Lipinski definition) is 3. The van der Waals surface area contributed by atoms with E-state index in [1.165, 1.54) is 4.90 Å². The van der Waals surface area contributed by atoms with Crippen molar-refractivity contribution in [3.8, 4) is 0 Å². The minimum Gasteiger partial charge on any atom is -0.391 e. The normalized spacial score (nSPS) is 20.7. The van der Waals surface area contributed by atoms with Crippen molar-refractivity contribution in [3.05, 3.63) is 42.0 Å². The van der Waals surface area contributed by atoms with Gasteiger partial charge in [0.1, 0.15) is 12.1 Å². The average molecular weight is 498 g/mol. The zero-order chi connectivity index (χ0) is 25.9. The Morgan fingerprint density at radius 2 is 2.00 bits per heavy atom. The molecule has 0 aromatic carbocycles. The first kappa shape index (κ1) is 25.7. The quantitative estimate of drug-likeness (QED) is 0.468. The van der Waals surface area contributed by atoms with Crippen molar-refractivity contribution in [1.82, 2.24) is 35.5 Å². The molecule has 3 heterocycles. The van der Waals surface area contributed by atoms with Crippen LogP contribution in [-0.2, 0) is 20.9 Å². The Balaban J connectivity index is 1.35. The number of hydrogen-bond acceptors (Lipinski definition) is 7. The monoisotopic (exact) mass is 497 g/mol. The van der Waals surface area contributed by atoms with Gasteiger partial charge in [-0.05, 0) is 29.9 Å². The molecule has 0 spiro atoms. The Labute approximate surface area is 210 Å². The molecular formula is C25H35N7O4. The van der Waals surface area contributed by atoms with Gasteiger partial charge in [0.05, 0.1) is 11.8 Å². The first-order valence-electron chi connectivity index (χ1n) is 12.5. The summed E-state index contributed by atoms with van der Waals surface area (Å²) in [7, 11) is 0. The second-order valence-electron chi connectivity index (χ2n) is 10.7. The van der Waals surface area contributed by atoms with Crippen LogP contribution in [0.3, 0.4) is 0 Å². The SMILES string of the molecule is CC(C)(C)[C@@H](C(=O)N1CC(O)CC1C(=O)NCCC(=O)NCc1cccnc1)n1cc(C2CC2)nn1. The van der Waals surface area contributed by atoms with Crippen molar-refractivity contribution >= 4 is 17.7 Å². The highest BCUT2D eigenvalue weighted by atomic mass is 16.3. The van der Waals surface area contributed by atoms with E-state index in [-0.39, 0.29) is 43.7 Å². The van der Waals surface area contributed by atoms with Crippen LogP contribution in [-0.4, -0.2) is 72.9 Å². The molecule has 2 fully saturated rings. The fraction of sp³-hybridized carbons (Fsp3) is 0.600. The second-order valence-corrected chi connectivity index (χ2v) is 10.7. The number of amides is 3. The van der Waals surface area contributed by atoms with E-state index in [0.717, 1.165) is 24.1 Å². The van der Waals surface area contributed by atoms with E-state index in [1.807, 2.05) is 33.0 Å². The van der Waals surface area contributed by atoms with E-state index in [4.69, 9.17) is 0 Å². The summed E-state index contributed by atoms with van der Waals surface area (Å²) in [6.07, 6.45) is 6.77. The summed E-state index contributed by atoms with van der Waals surface area (Å²) in [5.41, 5.74) is 1.27. The van der Waals surface area contributed by atoms with Crippen molar-refractivity contribution in [2.45, 2.75) is 77.1 Å². The number of aliphatic hydroxyl groups is 1. The number of pyridine rings is 1. The van der Waals surface area contributed by atoms with Gasteiger partial charge in [0.25, 0.3) is 0 Å². The molecule has 2 aromatic rings. The topological polar surface area (TPSA) is 142 Å². The van der Waals surface area contributed by atoms with E-state index >= 15 is 0 Å². The molecule has 2 unspecified atom stereocenters. The maximum Gasteiger partial charge on any atom is 0.248 e. The van der Waals surface area contributed by atoms with E-state index in [0.29, 0.717) is 12.5 Å². The minimum absolute atomic E-state index is 0.0687. The van der Waals surface area contributed by atoms with Gasteiger partial charge in [-0.25, -0.2) is 4.68 Å². The molecule has 4 rings (SSSR count). The second kappa shape index (κ2) is 10.7. The van der Waals surface area contributed by atoms with Gasteiger partial charge < -0.3 is 20.6 Å². The number of carbonyl (C=O) groups excluding carboxylic acids is 3. The highest BCUT2D eigenvalue weighted by Gasteiger charge is 2.45. The molecule has 1 aliphatic carbocycles. The number of carbonyl (C=O) groups is 3. The predicted molar refractivity (Wildman–Crippen MR) is 130 cm³/mol. The lowest BCUT2D eigenvalue weighted by atomic mass is 9.85. The average Bonchev–Trinajstić information content (AvgIpc) is 3.44. The molecule has 1 saturated heterocycles. The van der Waals surface area contributed by atoms with Crippen molar-refractivity contribution in [2.24, 2.45) is 5.41 Å². The van der Waals surface area contributed by atoms with Crippen LogP contribution in [0, 0.1) is 5.41 Å². The van der Waals surface area contributed by atoms with E-state index < -0.39 is 23.6 Å². The van der Waals surface area contributed by atoms with Crippen LogP contribution < -0.4 is 10.6 Å². The molecule has 3 atom stereocenters. The highest BCUT2D eigenvalue weighted by Crippen LogP contribution is 2.40. The lowest BCUT2D eigenvalue weighted by molar-refractivity contribution is -0.144. The van der Waals surface area contributed by atoms with Gasteiger partial charge in [0.15, 0.2) is 0 Å². The summed E-state index contributed by atoms with van der Waals surface area (Å²) in [4.78, 5) is 44.3.